The molecular formula is C12H11FN2O. The number of nitrogens with zero attached hydrogens (tertiary/aromatic N) is 1. The Balaban J connectivity index is 2.23. The molecule has 0 saturated carbocycles. The average molecular weight is 218 g/mol. The van der Waals surface area contributed by atoms with Gasteiger partial charge >= 0.3 is 0 Å². The normalized spacial score (nSPS) is 10.1. The lowest BCUT2D eigenvalue weighted by Crippen LogP contribution is -1.99. The Bertz CT molecular complexity index is 471. The molecule has 0 aliphatic rings. The second-order valence-corrected chi connectivity index (χ2v) is 3.24. The summed E-state index contributed by atoms with van der Waals surface area (Å²) in [5.41, 5.74) is 6.36. The Morgan fingerprint density at radius 3 is 2.62 bits per heavy atom. The molecule has 4 heteroatoms. The summed E-state index contributed by atoms with van der Waals surface area (Å²) in [7, 11) is 0. The minimum Gasteiger partial charge on any atom is -0.457 e. The third-order valence-electron chi connectivity index (χ3n) is 2.12. The molecule has 16 heavy (non-hydrogen) atoms. The molecule has 1 aromatic heterocycles. The van der Waals surface area contributed by atoms with Gasteiger partial charge < -0.3 is 10.5 Å². The van der Waals surface area contributed by atoms with Gasteiger partial charge in [0, 0.05) is 24.5 Å². The van der Waals surface area contributed by atoms with E-state index >= 15 is 0 Å². The van der Waals surface area contributed by atoms with Crippen molar-refractivity contribution in [1.29, 1.82) is 0 Å². The van der Waals surface area contributed by atoms with E-state index in [0.29, 0.717) is 18.0 Å². The van der Waals surface area contributed by atoms with Gasteiger partial charge in [0.2, 0.25) is 0 Å². The van der Waals surface area contributed by atoms with Crippen LogP contribution < -0.4 is 10.5 Å². The molecule has 0 saturated heterocycles. The molecule has 2 rings (SSSR count). The van der Waals surface area contributed by atoms with Crippen molar-refractivity contribution in [3.63, 3.8) is 0 Å². The minimum atomic E-state index is -0.291. The standard InChI is InChI=1S/C12H11FN2O/c13-10-1-3-11(4-2-10)16-12-5-6-15-8-9(12)7-14/h1-6,8H,7,14H2. The van der Waals surface area contributed by atoms with Crippen LogP contribution in [0.5, 0.6) is 11.5 Å². The van der Waals surface area contributed by atoms with Crippen LogP contribution >= 0.6 is 0 Å². The SMILES string of the molecule is NCc1cnccc1Oc1ccc(F)cc1. The Morgan fingerprint density at radius 1 is 1.19 bits per heavy atom. The lowest BCUT2D eigenvalue weighted by molar-refractivity contribution is 0.473. The van der Waals surface area contributed by atoms with Gasteiger partial charge in [-0.3, -0.25) is 4.98 Å². The van der Waals surface area contributed by atoms with Gasteiger partial charge in [0.05, 0.1) is 0 Å². The van der Waals surface area contributed by atoms with Gasteiger partial charge in [-0.1, -0.05) is 0 Å². The Hall–Kier alpha value is -1.94. The number of hydrogen-bond acceptors (Lipinski definition) is 3. The van der Waals surface area contributed by atoms with Gasteiger partial charge in [-0.05, 0) is 30.3 Å². The lowest BCUT2D eigenvalue weighted by atomic mass is 10.2. The van der Waals surface area contributed by atoms with E-state index in [1.807, 2.05) is 0 Å². The predicted octanol–water partition coefficient (Wildman–Crippen LogP) is 2.47. The van der Waals surface area contributed by atoms with E-state index in [1.54, 1.807) is 30.6 Å². The van der Waals surface area contributed by atoms with E-state index in [1.165, 1.54) is 12.1 Å². The maximum atomic E-state index is 12.7. The summed E-state index contributed by atoms with van der Waals surface area (Å²) in [4.78, 5) is 3.95. The van der Waals surface area contributed by atoms with Crippen molar-refractivity contribution < 1.29 is 9.13 Å². The summed E-state index contributed by atoms with van der Waals surface area (Å²) < 4.78 is 18.3. The predicted molar refractivity (Wildman–Crippen MR) is 58.6 cm³/mol. The van der Waals surface area contributed by atoms with Crippen LogP contribution in [-0.4, -0.2) is 4.98 Å². The third kappa shape index (κ3) is 2.35. The summed E-state index contributed by atoms with van der Waals surface area (Å²) in [5.74, 6) is 0.924. The molecule has 0 aliphatic carbocycles. The Morgan fingerprint density at radius 2 is 1.94 bits per heavy atom. The zero-order valence-corrected chi connectivity index (χ0v) is 8.56. The van der Waals surface area contributed by atoms with Crippen molar-refractivity contribution in [3.05, 3.63) is 54.1 Å². The fraction of sp³-hybridized carbons (Fsp3) is 0.0833. The van der Waals surface area contributed by atoms with Gasteiger partial charge in [0.15, 0.2) is 0 Å². The van der Waals surface area contributed by atoms with Gasteiger partial charge in [-0.25, -0.2) is 4.39 Å². The molecule has 0 aliphatic heterocycles. The van der Waals surface area contributed by atoms with Gasteiger partial charge in [-0.15, -0.1) is 0 Å². The van der Waals surface area contributed by atoms with Crippen LogP contribution in [0.15, 0.2) is 42.7 Å². The van der Waals surface area contributed by atoms with Gasteiger partial charge in [-0.2, -0.15) is 0 Å². The fourth-order valence-electron chi connectivity index (χ4n) is 1.30. The molecule has 1 heterocycles. The van der Waals surface area contributed by atoms with E-state index in [4.69, 9.17) is 10.5 Å². The van der Waals surface area contributed by atoms with Crippen molar-refractivity contribution in [2.24, 2.45) is 5.73 Å². The monoisotopic (exact) mass is 218 g/mol. The molecule has 3 nitrogen and oxygen atoms in total. The summed E-state index contributed by atoms with van der Waals surface area (Å²) in [5, 5.41) is 0. The highest BCUT2D eigenvalue weighted by molar-refractivity contribution is 5.35. The number of halogens is 1. The van der Waals surface area contributed by atoms with Crippen LogP contribution in [0.3, 0.4) is 0 Å². The van der Waals surface area contributed by atoms with E-state index in [0.717, 1.165) is 5.56 Å². The Kier molecular flexibility index (Phi) is 3.12. The molecule has 2 N–H and O–H groups in total. The second-order valence-electron chi connectivity index (χ2n) is 3.24. The highest BCUT2D eigenvalue weighted by Crippen LogP contribution is 2.24. The van der Waals surface area contributed by atoms with Crippen LogP contribution in [0.4, 0.5) is 4.39 Å². The van der Waals surface area contributed by atoms with E-state index in [2.05, 4.69) is 4.98 Å². The van der Waals surface area contributed by atoms with Crippen LogP contribution in [0.2, 0.25) is 0 Å². The number of pyridine rings is 1. The minimum absolute atomic E-state index is 0.291. The highest BCUT2D eigenvalue weighted by Gasteiger charge is 2.03. The zero-order valence-electron chi connectivity index (χ0n) is 8.56. The van der Waals surface area contributed by atoms with Gasteiger partial charge in [0.1, 0.15) is 17.3 Å². The number of hydrogen-bond donors (Lipinski definition) is 1. The topological polar surface area (TPSA) is 48.1 Å². The van der Waals surface area contributed by atoms with E-state index < -0.39 is 0 Å². The lowest BCUT2D eigenvalue weighted by Gasteiger charge is -2.08. The largest absolute Gasteiger partial charge is 0.457 e. The quantitative estimate of drug-likeness (QED) is 0.860. The molecule has 0 atom stereocenters. The van der Waals surface area contributed by atoms with Crippen LogP contribution in [-0.2, 0) is 6.54 Å². The average Bonchev–Trinajstić information content (AvgIpc) is 2.33. The van der Waals surface area contributed by atoms with Crippen molar-refractivity contribution in [1.82, 2.24) is 4.98 Å². The maximum Gasteiger partial charge on any atom is 0.134 e. The number of nitrogens with two attached hydrogens (primary N) is 1. The molecule has 0 spiro atoms. The number of aromatic nitrogens is 1. The fourth-order valence-corrected chi connectivity index (χ4v) is 1.30. The molecule has 82 valence electrons. The first-order chi connectivity index (χ1) is 7.79. The highest BCUT2D eigenvalue weighted by atomic mass is 19.1. The molecule has 0 bridgehead atoms. The summed E-state index contributed by atoms with van der Waals surface area (Å²) in [6, 6.07) is 7.55. The summed E-state index contributed by atoms with van der Waals surface area (Å²) in [6.45, 7) is 0.352. The maximum absolute atomic E-state index is 12.7. The smallest absolute Gasteiger partial charge is 0.134 e. The number of ether oxygens (including phenoxy) is 1. The van der Waals surface area contributed by atoms with Crippen molar-refractivity contribution in [3.8, 4) is 11.5 Å². The van der Waals surface area contributed by atoms with Crippen molar-refractivity contribution >= 4 is 0 Å². The van der Waals surface area contributed by atoms with Crippen LogP contribution in [0.25, 0.3) is 0 Å². The number of rotatable bonds is 3. The molecule has 0 amide bonds. The number of benzene rings is 1. The molecular weight excluding hydrogens is 207 g/mol. The van der Waals surface area contributed by atoms with E-state index in [-0.39, 0.29) is 5.82 Å². The first-order valence-electron chi connectivity index (χ1n) is 4.86. The molecule has 0 unspecified atom stereocenters. The molecule has 2 aromatic rings. The second kappa shape index (κ2) is 4.72. The van der Waals surface area contributed by atoms with Crippen LogP contribution in [0, 0.1) is 5.82 Å². The Labute approximate surface area is 92.7 Å². The molecule has 1 aromatic carbocycles. The first kappa shape index (κ1) is 10.6. The molecule has 0 radical (unpaired) electrons. The molecule has 0 fully saturated rings. The van der Waals surface area contributed by atoms with Gasteiger partial charge in [0.25, 0.3) is 0 Å². The third-order valence-corrected chi connectivity index (χ3v) is 2.12. The van der Waals surface area contributed by atoms with E-state index in [9.17, 15) is 4.39 Å². The summed E-state index contributed by atoms with van der Waals surface area (Å²) in [6.07, 6.45) is 3.27. The van der Waals surface area contributed by atoms with Crippen molar-refractivity contribution in [2.45, 2.75) is 6.54 Å². The zero-order chi connectivity index (χ0) is 11.4. The van der Waals surface area contributed by atoms with Crippen molar-refractivity contribution in [2.75, 3.05) is 0 Å². The van der Waals surface area contributed by atoms with Crippen LogP contribution in [0.1, 0.15) is 5.56 Å². The first-order valence-corrected chi connectivity index (χ1v) is 4.86. The summed E-state index contributed by atoms with van der Waals surface area (Å²) >= 11 is 0.